The Morgan fingerprint density at radius 1 is 1.19 bits per heavy atom. The number of rotatable bonds is 8. The van der Waals surface area contributed by atoms with Gasteiger partial charge in [0.05, 0.1) is 12.1 Å². The van der Waals surface area contributed by atoms with Gasteiger partial charge in [-0.15, -0.1) is 0 Å². The summed E-state index contributed by atoms with van der Waals surface area (Å²) in [4.78, 5) is 17.4. The molecule has 0 spiro atoms. The van der Waals surface area contributed by atoms with E-state index in [2.05, 4.69) is 5.16 Å². The predicted molar refractivity (Wildman–Crippen MR) is 118 cm³/mol. The minimum Gasteiger partial charge on any atom is -0.481 e. The van der Waals surface area contributed by atoms with Crippen molar-refractivity contribution < 1.29 is 23.9 Å². The second-order valence-corrected chi connectivity index (χ2v) is 9.96. The van der Waals surface area contributed by atoms with Crippen LogP contribution in [0, 0.1) is 28.0 Å². The van der Waals surface area contributed by atoms with Crippen LogP contribution in [0.4, 0.5) is 4.39 Å². The van der Waals surface area contributed by atoms with Crippen LogP contribution in [0.5, 0.6) is 11.5 Å². The number of ether oxygens (including phenoxy) is 1. The van der Waals surface area contributed by atoms with Crippen molar-refractivity contribution in [2.24, 2.45) is 27.3 Å². The Morgan fingerprint density at radius 3 is 2.45 bits per heavy atom. The maximum absolute atomic E-state index is 14.4. The first-order chi connectivity index (χ1) is 14.5. The molecule has 0 heterocycles. The molecular formula is C25H30FNO4. The van der Waals surface area contributed by atoms with Crippen LogP contribution in [0.1, 0.15) is 40.2 Å². The number of carbonyl (C=O) groups is 1. The highest BCUT2D eigenvalue weighted by molar-refractivity contribution is 5.88. The summed E-state index contributed by atoms with van der Waals surface area (Å²) < 4.78 is 20.1. The van der Waals surface area contributed by atoms with Crippen LogP contribution in [0.2, 0.25) is 0 Å². The van der Waals surface area contributed by atoms with E-state index < -0.39 is 28.5 Å². The van der Waals surface area contributed by atoms with Crippen molar-refractivity contribution in [2.45, 2.75) is 41.0 Å². The molecule has 1 aliphatic rings. The summed E-state index contributed by atoms with van der Waals surface area (Å²) in [6, 6.07) is 13.6. The fourth-order valence-corrected chi connectivity index (χ4v) is 4.08. The van der Waals surface area contributed by atoms with Gasteiger partial charge in [-0.25, -0.2) is 4.39 Å². The molecule has 0 bridgehead atoms. The van der Waals surface area contributed by atoms with E-state index in [4.69, 9.17) is 9.57 Å². The van der Waals surface area contributed by atoms with Crippen LogP contribution in [-0.2, 0) is 16.1 Å². The quantitative estimate of drug-likeness (QED) is 0.418. The van der Waals surface area contributed by atoms with Gasteiger partial charge in [0.25, 0.3) is 0 Å². The van der Waals surface area contributed by atoms with Crippen LogP contribution in [0.15, 0.2) is 53.7 Å². The van der Waals surface area contributed by atoms with E-state index in [1.807, 2.05) is 52.8 Å². The molecule has 2 atom stereocenters. The Bertz CT molecular complexity index is 965. The van der Waals surface area contributed by atoms with Gasteiger partial charge in [0, 0.05) is 5.41 Å². The molecule has 1 N–H and O–H groups in total. The number of nitrogens with zero attached hydrogens (tertiary/aromatic N) is 1. The normalized spacial score (nSPS) is 22.3. The lowest BCUT2D eigenvalue weighted by molar-refractivity contribution is -0.139. The standard InChI is InChI=1S/C25H30FNO4/c1-23(2,3)16-30-27-15-25(21(22(28)29)24(25,4)5)14-17-11-12-19(26)20(13-17)31-18-9-7-6-8-10-18/h6-13,15,21H,14,16H2,1-5H3,(H,28,29). The van der Waals surface area contributed by atoms with E-state index in [-0.39, 0.29) is 11.2 Å². The molecule has 3 rings (SSSR count). The largest absolute Gasteiger partial charge is 0.481 e. The molecule has 2 aromatic rings. The zero-order valence-electron chi connectivity index (χ0n) is 18.7. The van der Waals surface area contributed by atoms with Gasteiger partial charge in [-0.1, -0.05) is 64.0 Å². The summed E-state index contributed by atoms with van der Waals surface area (Å²) in [5, 5.41) is 13.9. The lowest BCUT2D eigenvalue weighted by atomic mass is 9.89. The Labute approximate surface area is 182 Å². The molecule has 0 saturated heterocycles. The van der Waals surface area contributed by atoms with Crippen LogP contribution in [0.3, 0.4) is 0 Å². The van der Waals surface area contributed by atoms with Gasteiger partial charge in [-0.05, 0) is 47.1 Å². The van der Waals surface area contributed by atoms with Crippen molar-refractivity contribution in [3.63, 3.8) is 0 Å². The summed E-state index contributed by atoms with van der Waals surface area (Å²) >= 11 is 0. The number of carboxylic acids is 1. The molecule has 6 heteroatoms. The summed E-state index contributed by atoms with van der Waals surface area (Å²) in [5.74, 6) is -1.35. The highest BCUT2D eigenvalue weighted by Gasteiger charge is 2.73. The number of carboxylic acid groups (broad SMARTS) is 1. The van der Waals surface area contributed by atoms with Gasteiger partial charge in [-0.2, -0.15) is 0 Å². The average molecular weight is 428 g/mol. The fourth-order valence-electron chi connectivity index (χ4n) is 4.08. The Kier molecular flexibility index (Phi) is 6.12. The third kappa shape index (κ3) is 4.89. The minimum absolute atomic E-state index is 0.0591. The average Bonchev–Trinajstić information content (AvgIpc) is 3.16. The summed E-state index contributed by atoms with van der Waals surface area (Å²) in [5.41, 5.74) is -0.552. The molecule has 0 radical (unpaired) electrons. The molecule has 0 amide bonds. The number of hydrogen-bond donors (Lipinski definition) is 1. The maximum atomic E-state index is 14.4. The van der Waals surface area contributed by atoms with Crippen molar-refractivity contribution in [1.82, 2.24) is 0 Å². The lowest BCUT2D eigenvalue weighted by Crippen LogP contribution is -2.18. The number of hydrogen-bond acceptors (Lipinski definition) is 4. The topological polar surface area (TPSA) is 68.1 Å². The Hall–Kier alpha value is -2.89. The molecule has 0 aromatic heterocycles. The van der Waals surface area contributed by atoms with Crippen molar-refractivity contribution in [3.8, 4) is 11.5 Å². The molecule has 1 fully saturated rings. The van der Waals surface area contributed by atoms with Crippen molar-refractivity contribution in [3.05, 3.63) is 59.9 Å². The third-order valence-corrected chi connectivity index (χ3v) is 5.92. The van der Waals surface area contributed by atoms with Crippen molar-refractivity contribution in [2.75, 3.05) is 6.61 Å². The zero-order valence-corrected chi connectivity index (χ0v) is 18.7. The van der Waals surface area contributed by atoms with E-state index in [9.17, 15) is 14.3 Å². The van der Waals surface area contributed by atoms with E-state index in [1.165, 1.54) is 6.07 Å². The second-order valence-electron chi connectivity index (χ2n) is 9.96. The predicted octanol–water partition coefficient (Wildman–Crippen LogP) is 5.94. The minimum atomic E-state index is -0.879. The zero-order chi connectivity index (χ0) is 22.9. The number of halogens is 1. The van der Waals surface area contributed by atoms with Gasteiger partial charge >= 0.3 is 5.97 Å². The summed E-state index contributed by atoms with van der Waals surface area (Å²) in [7, 11) is 0. The van der Waals surface area contributed by atoms with Gasteiger partial charge in [0.1, 0.15) is 12.4 Å². The van der Waals surface area contributed by atoms with E-state index in [1.54, 1.807) is 30.5 Å². The van der Waals surface area contributed by atoms with Gasteiger partial charge in [-0.3, -0.25) is 4.79 Å². The Balaban J connectivity index is 1.86. The van der Waals surface area contributed by atoms with Crippen molar-refractivity contribution >= 4 is 12.2 Å². The van der Waals surface area contributed by atoms with E-state index in [0.717, 1.165) is 5.56 Å². The summed E-state index contributed by atoms with van der Waals surface area (Å²) in [6.45, 7) is 10.3. The van der Waals surface area contributed by atoms with Crippen LogP contribution >= 0.6 is 0 Å². The smallest absolute Gasteiger partial charge is 0.308 e. The van der Waals surface area contributed by atoms with Crippen LogP contribution < -0.4 is 4.74 Å². The first kappa shape index (κ1) is 22.8. The molecule has 2 unspecified atom stereocenters. The Morgan fingerprint density at radius 2 is 1.87 bits per heavy atom. The summed E-state index contributed by atoms with van der Waals surface area (Å²) in [6.07, 6.45) is 2.00. The van der Waals surface area contributed by atoms with E-state index in [0.29, 0.717) is 18.8 Å². The maximum Gasteiger partial charge on any atom is 0.308 e. The molecule has 31 heavy (non-hydrogen) atoms. The van der Waals surface area contributed by atoms with Crippen LogP contribution in [-0.4, -0.2) is 23.9 Å². The number of oxime groups is 1. The third-order valence-electron chi connectivity index (χ3n) is 5.92. The molecule has 2 aromatic carbocycles. The SMILES string of the molecule is CC(C)(C)CON=CC1(Cc2ccc(F)c(Oc3ccccc3)c2)C(C(=O)O)C1(C)C. The molecule has 1 saturated carbocycles. The molecule has 1 aliphatic carbocycles. The highest BCUT2D eigenvalue weighted by atomic mass is 19.1. The number of benzene rings is 2. The van der Waals surface area contributed by atoms with Crippen molar-refractivity contribution in [1.29, 1.82) is 0 Å². The van der Waals surface area contributed by atoms with E-state index >= 15 is 0 Å². The monoisotopic (exact) mass is 427 g/mol. The van der Waals surface area contributed by atoms with Gasteiger partial charge in [0.2, 0.25) is 0 Å². The molecule has 5 nitrogen and oxygen atoms in total. The molecular weight excluding hydrogens is 397 g/mol. The number of para-hydroxylation sites is 1. The van der Waals surface area contributed by atoms with Crippen LogP contribution in [0.25, 0.3) is 0 Å². The van der Waals surface area contributed by atoms with Gasteiger partial charge in [0.15, 0.2) is 11.6 Å². The lowest BCUT2D eigenvalue weighted by Gasteiger charge is -2.18. The fraction of sp³-hybridized carbons (Fsp3) is 0.440. The van der Waals surface area contributed by atoms with Gasteiger partial charge < -0.3 is 14.7 Å². The highest BCUT2D eigenvalue weighted by Crippen LogP contribution is 2.69. The first-order valence-electron chi connectivity index (χ1n) is 10.4. The number of aliphatic carboxylic acids is 1. The molecule has 0 aliphatic heterocycles. The second kappa shape index (κ2) is 8.33. The molecule has 166 valence electrons. The first-order valence-corrected chi connectivity index (χ1v) is 10.4.